The van der Waals surface area contributed by atoms with Crippen LogP contribution in [-0.2, 0) is 14.4 Å². The zero-order chi connectivity index (χ0) is 21.0. The number of carbonyl (C=O) groups excluding carboxylic acids is 4. The number of thioether (sulfide) groups is 1. The number of imide groups is 1. The first-order valence-electron chi connectivity index (χ1n) is 9.22. The third-order valence-electron chi connectivity index (χ3n) is 4.41. The molecule has 1 fully saturated rings. The van der Waals surface area contributed by atoms with Crippen molar-refractivity contribution < 1.29 is 19.2 Å². The summed E-state index contributed by atoms with van der Waals surface area (Å²) < 4.78 is 0. The van der Waals surface area contributed by atoms with Gasteiger partial charge in [0, 0.05) is 29.0 Å². The fourth-order valence-electron chi connectivity index (χ4n) is 2.97. The van der Waals surface area contributed by atoms with Crippen LogP contribution in [0.15, 0.2) is 53.4 Å². The molecule has 0 aliphatic carbocycles. The third-order valence-corrected chi connectivity index (χ3v) is 5.61. The zero-order valence-electron chi connectivity index (χ0n) is 15.9. The van der Waals surface area contributed by atoms with Gasteiger partial charge < -0.3 is 11.1 Å². The van der Waals surface area contributed by atoms with E-state index in [1.165, 1.54) is 36.0 Å². The molecule has 4 amide bonds. The molecule has 150 valence electrons. The van der Waals surface area contributed by atoms with E-state index in [9.17, 15) is 19.2 Å². The molecule has 3 N–H and O–H groups in total. The number of nitrogens with one attached hydrogen (secondary N) is 1. The van der Waals surface area contributed by atoms with Crippen LogP contribution in [0.3, 0.4) is 0 Å². The molecule has 1 atom stereocenters. The maximum Gasteiger partial charge on any atom is 0.248 e. The van der Waals surface area contributed by atoms with Gasteiger partial charge in [0.1, 0.15) is 0 Å². The van der Waals surface area contributed by atoms with E-state index in [1.807, 2.05) is 19.1 Å². The summed E-state index contributed by atoms with van der Waals surface area (Å²) in [6, 6.07) is 13.2. The summed E-state index contributed by atoms with van der Waals surface area (Å²) >= 11 is 1.31. The van der Waals surface area contributed by atoms with Crippen LogP contribution in [0.4, 0.5) is 11.4 Å². The second kappa shape index (κ2) is 8.91. The van der Waals surface area contributed by atoms with Crippen LogP contribution in [0, 0.1) is 0 Å². The molecule has 1 heterocycles. The highest BCUT2D eigenvalue weighted by Gasteiger charge is 2.40. The van der Waals surface area contributed by atoms with Crippen molar-refractivity contribution in [2.75, 3.05) is 10.2 Å². The standard InChI is InChI=1S/C21H21N3O4S/c1-2-3-18(25)23-14-6-10-16(11-7-14)29-17-12-19(26)24(21(17)28)15-8-4-13(5-9-15)20(22)27/h4-11,17H,2-3,12H2,1H3,(H2,22,27)(H,23,25). The molecular formula is C21H21N3O4S. The number of hydrogen-bond acceptors (Lipinski definition) is 5. The Balaban J connectivity index is 1.66. The van der Waals surface area contributed by atoms with Crippen LogP contribution < -0.4 is 16.0 Å². The van der Waals surface area contributed by atoms with Crippen molar-refractivity contribution in [2.24, 2.45) is 5.73 Å². The Morgan fingerprint density at radius 1 is 1.10 bits per heavy atom. The van der Waals surface area contributed by atoms with Gasteiger partial charge in [0.2, 0.25) is 23.6 Å². The normalized spacial score (nSPS) is 16.2. The Labute approximate surface area is 172 Å². The van der Waals surface area contributed by atoms with Crippen LogP contribution in [0.2, 0.25) is 0 Å². The number of benzene rings is 2. The average Bonchev–Trinajstić information content (AvgIpc) is 2.97. The minimum absolute atomic E-state index is 0.0394. The van der Waals surface area contributed by atoms with E-state index in [0.717, 1.165) is 16.2 Å². The van der Waals surface area contributed by atoms with Crippen LogP contribution in [0.5, 0.6) is 0 Å². The molecule has 7 nitrogen and oxygen atoms in total. The number of primary amides is 1. The number of hydrogen-bond donors (Lipinski definition) is 2. The molecule has 0 bridgehead atoms. The number of carbonyl (C=O) groups is 4. The predicted molar refractivity (Wildman–Crippen MR) is 112 cm³/mol. The van der Waals surface area contributed by atoms with Gasteiger partial charge in [-0.3, -0.25) is 19.2 Å². The van der Waals surface area contributed by atoms with Crippen LogP contribution >= 0.6 is 11.8 Å². The lowest BCUT2D eigenvalue weighted by Crippen LogP contribution is -2.31. The molecule has 1 aliphatic heterocycles. The molecule has 1 aliphatic rings. The van der Waals surface area contributed by atoms with Crippen molar-refractivity contribution >= 4 is 46.8 Å². The van der Waals surface area contributed by atoms with Gasteiger partial charge in [-0.25, -0.2) is 4.90 Å². The van der Waals surface area contributed by atoms with E-state index in [-0.39, 0.29) is 24.1 Å². The summed E-state index contributed by atoms with van der Waals surface area (Å²) in [5, 5.41) is 2.28. The van der Waals surface area contributed by atoms with Crippen molar-refractivity contribution in [3.05, 3.63) is 54.1 Å². The second-order valence-corrected chi connectivity index (χ2v) is 7.89. The summed E-state index contributed by atoms with van der Waals surface area (Å²) in [4.78, 5) is 50.0. The summed E-state index contributed by atoms with van der Waals surface area (Å²) in [7, 11) is 0. The number of anilines is 2. The Morgan fingerprint density at radius 2 is 1.76 bits per heavy atom. The molecule has 2 aromatic carbocycles. The molecule has 3 rings (SSSR count). The summed E-state index contributed by atoms with van der Waals surface area (Å²) in [6.45, 7) is 1.94. The monoisotopic (exact) mass is 411 g/mol. The van der Waals surface area contributed by atoms with E-state index in [0.29, 0.717) is 23.4 Å². The van der Waals surface area contributed by atoms with Gasteiger partial charge in [-0.2, -0.15) is 0 Å². The van der Waals surface area contributed by atoms with Gasteiger partial charge in [0.25, 0.3) is 0 Å². The van der Waals surface area contributed by atoms with E-state index in [4.69, 9.17) is 5.73 Å². The lowest BCUT2D eigenvalue weighted by Gasteiger charge is -2.15. The Hall–Kier alpha value is -3.13. The molecule has 0 saturated carbocycles. The lowest BCUT2D eigenvalue weighted by molar-refractivity contribution is -0.121. The maximum absolute atomic E-state index is 12.8. The smallest absolute Gasteiger partial charge is 0.248 e. The predicted octanol–water partition coefficient (Wildman–Crippen LogP) is 2.95. The molecule has 8 heteroatoms. The lowest BCUT2D eigenvalue weighted by atomic mass is 10.2. The molecule has 1 saturated heterocycles. The van der Waals surface area contributed by atoms with Gasteiger partial charge in [0.05, 0.1) is 10.9 Å². The second-order valence-electron chi connectivity index (χ2n) is 6.61. The van der Waals surface area contributed by atoms with Crippen LogP contribution in [-0.4, -0.2) is 28.9 Å². The van der Waals surface area contributed by atoms with Gasteiger partial charge >= 0.3 is 0 Å². The highest BCUT2D eigenvalue weighted by atomic mass is 32.2. The maximum atomic E-state index is 12.8. The average molecular weight is 411 g/mol. The van der Waals surface area contributed by atoms with Gasteiger partial charge in [-0.15, -0.1) is 11.8 Å². The zero-order valence-corrected chi connectivity index (χ0v) is 16.7. The minimum Gasteiger partial charge on any atom is -0.366 e. The van der Waals surface area contributed by atoms with E-state index >= 15 is 0 Å². The van der Waals surface area contributed by atoms with Crippen molar-refractivity contribution in [1.29, 1.82) is 0 Å². The summed E-state index contributed by atoms with van der Waals surface area (Å²) in [6.07, 6.45) is 1.33. The van der Waals surface area contributed by atoms with Gasteiger partial charge in [0.15, 0.2) is 0 Å². The Bertz CT molecular complexity index is 941. The van der Waals surface area contributed by atoms with Crippen molar-refractivity contribution in [2.45, 2.75) is 36.3 Å². The SMILES string of the molecule is CCCC(=O)Nc1ccc(SC2CC(=O)N(c3ccc(C(N)=O)cc3)C2=O)cc1. The molecule has 1 unspecified atom stereocenters. The molecule has 2 aromatic rings. The Morgan fingerprint density at radius 3 is 2.34 bits per heavy atom. The summed E-state index contributed by atoms with van der Waals surface area (Å²) in [5.41, 5.74) is 6.64. The topological polar surface area (TPSA) is 110 Å². The fraction of sp³-hybridized carbons (Fsp3) is 0.238. The Kier molecular flexibility index (Phi) is 6.33. The largest absolute Gasteiger partial charge is 0.366 e. The number of amides is 4. The highest BCUT2D eigenvalue weighted by Crippen LogP contribution is 2.34. The minimum atomic E-state index is -0.571. The fourth-order valence-corrected chi connectivity index (χ4v) is 4.03. The van der Waals surface area contributed by atoms with E-state index in [1.54, 1.807) is 12.1 Å². The highest BCUT2D eigenvalue weighted by molar-refractivity contribution is 8.00. The third kappa shape index (κ3) is 4.83. The van der Waals surface area contributed by atoms with Crippen LogP contribution in [0.25, 0.3) is 0 Å². The molecule has 29 heavy (non-hydrogen) atoms. The van der Waals surface area contributed by atoms with Crippen molar-refractivity contribution in [3.63, 3.8) is 0 Å². The van der Waals surface area contributed by atoms with E-state index < -0.39 is 11.2 Å². The molecular weight excluding hydrogens is 390 g/mol. The van der Waals surface area contributed by atoms with Crippen molar-refractivity contribution in [1.82, 2.24) is 0 Å². The van der Waals surface area contributed by atoms with E-state index in [2.05, 4.69) is 5.32 Å². The first-order chi connectivity index (χ1) is 13.9. The van der Waals surface area contributed by atoms with Crippen LogP contribution in [0.1, 0.15) is 36.5 Å². The number of nitrogens with two attached hydrogens (primary N) is 1. The first kappa shape index (κ1) is 20.6. The molecule has 0 radical (unpaired) electrons. The first-order valence-corrected chi connectivity index (χ1v) is 10.1. The number of nitrogens with zero attached hydrogens (tertiary/aromatic N) is 1. The van der Waals surface area contributed by atoms with Gasteiger partial charge in [-0.05, 0) is 55.0 Å². The number of rotatable bonds is 7. The molecule has 0 aromatic heterocycles. The summed E-state index contributed by atoms with van der Waals surface area (Å²) in [5.74, 6) is -1.20. The van der Waals surface area contributed by atoms with Crippen molar-refractivity contribution in [3.8, 4) is 0 Å². The molecule has 0 spiro atoms. The van der Waals surface area contributed by atoms with Gasteiger partial charge in [-0.1, -0.05) is 6.92 Å². The quantitative estimate of drug-likeness (QED) is 0.681.